The second-order valence-electron chi connectivity index (χ2n) is 5.47. The van der Waals surface area contributed by atoms with E-state index >= 15 is 0 Å². The molecule has 1 heterocycles. The van der Waals surface area contributed by atoms with Crippen molar-refractivity contribution in [3.8, 4) is 0 Å². The summed E-state index contributed by atoms with van der Waals surface area (Å²) < 4.78 is 2.42. The van der Waals surface area contributed by atoms with E-state index in [1.165, 1.54) is 25.1 Å². The number of imidazole rings is 1. The number of nitrogens with one attached hydrogen (secondary N) is 1. The lowest BCUT2D eigenvalue weighted by molar-refractivity contribution is 0.170. The van der Waals surface area contributed by atoms with Crippen molar-refractivity contribution in [2.45, 2.75) is 58.5 Å². The molecule has 3 heteroatoms. The molecule has 0 aromatic carbocycles. The molecule has 2 atom stereocenters. The van der Waals surface area contributed by atoms with E-state index in [9.17, 15) is 0 Å². The molecule has 17 heavy (non-hydrogen) atoms. The minimum absolute atomic E-state index is 0.592. The number of rotatable bonds is 6. The lowest BCUT2D eigenvalue weighted by Crippen LogP contribution is -2.39. The van der Waals surface area contributed by atoms with Crippen molar-refractivity contribution in [3.63, 3.8) is 0 Å². The fourth-order valence-electron chi connectivity index (χ4n) is 2.61. The predicted octanol–water partition coefficient (Wildman–Crippen LogP) is 2.78. The summed E-state index contributed by atoms with van der Waals surface area (Å²) in [4.78, 5) is 4.48. The predicted molar refractivity (Wildman–Crippen MR) is 71.1 cm³/mol. The highest BCUT2D eigenvalue weighted by Crippen LogP contribution is 2.38. The molecule has 1 aromatic rings. The van der Waals surface area contributed by atoms with Crippen LogP contribution in [0.3, 0.4) is 0 Å². The number of aromatic nitrogens is 2. The van der Waals surface area contributed by atoms with E-state index in [0.717, 1.165) is 18.9 Å². The maximum atomic E-state index is 4.48. The fourth-order valence-corrected chi connectivity index (χ4v) is 2.61. The minimum Gasteiger partial charge on any atom is -0.332 e. The van der Waals surface area contributed by atoms with Crippen LogP contribution in [0.4, 0.5) is 0 Å². The van der Waals surface area contributed by atoms with E-state index in [2.05, 4.69) is 41.8 Å². The largest absolute Gasteiger partial charge is 0.332 e. The molecule has 0 saturated heterocycles. The number of hydrogen-bond donors (Lipinski definition) is 1. The van der Waals surface area contributed by atoms with Gasteiger partial charge in [-0.15, -0.1) is 0 Å². The highest BCUT2D eigenvalue weighted by atomic mass is 15.1. The average Bonchev–Trinajstić information content (AvgIpc) is 2.65. The topological polar surface area (TPSA) is 29.9 Å². The Morgan fingerprint density at radius 3 is 2.88 bits per heavy atom. The molecule has 0 radical (unpaired) electrons. The molecule has 3 nitrogen and oxygen atoms in total. The molecule has 0 spiro atoms. The van der Waals surface area contributed by atoms with Crippen molar-refractivity contribution in [2.75, 3.05) is 6.54 Å². The van der Waals surface area contributed by atoms with Crippen molar-refractivity contribution in [1.29, 1.82) is 0 Å². The van der Waals surface area contributed by atoms with Crippen LogP contribution in [0.1, 0.15) is 51.9 Å². The molecule has 1 aliphatic rings. The van der Waals surface area contributed by atoms with E-state index < -0.39 is 0 Å². The number of aryl methyl sites for hydroxylation is 1. The van der Waals surface area contributed by atoms with Crippen LogP contribution in [-0.2, 0) is 6.42 Å². The quantitative estimate of drug-likeness (QED) is 0.821. The highest BCUT2D eigenvalue weighted by molar-refractivity contribution is 5.00. The summed E-state index contributed by atoms with van der Waals surface area (Å²) in [6.45, 7) is 7.80. The van der Waals surface area contributed by atoms with Gasteiger partial charge in [-0.1, -0.05) is 20.8 Å². The molecule has 1 fully saturated rings. The van der Waals surface area contributed by atoms with Gasteiger partial charge < -0.3 is 9.88 Å². The van der Waals surface area contributed by atoms with Crippen molar-refractivity contribution >= 4 is 0 Å². The van der Waals surface area contributed by atoms with Gasteiger partial charge in [0.25, 0.3) is 0 Å². The maximum absolute atomic E-state index is 4.48. The molecular weight excluding hydrogens is 210 g/mol. The van der Waals surface area contributed by atoms with Crippen molar-refractivity contribution in [1.82, 2.24) is 14.9 Å². The summed E-state index contributed by atoms with van der Waals surface area (Å²) in [5.74, 6) is 2.06. The first-order chi connectivity index (χ1) is 8.22. The zero-order chi connectivity index (χ0) is 12.3. The van der Waals surface area contributed by atoms with Crippen molar-refractivity contribution in [2.24, 2.45) is 5.92 Å². The third kappa shape index (κ3) is 2.89. The lowest BCUT2D eigenvalue weighted by atomic mass is 9.79. The molecule has 0 aliphatic heterocycles. The van der Waals surface area contributed by atoms with Crippen LogP contribution in [-0.4, -0.2) is 22.1 Å². The van der Waals surface area contributed by atoms with Gasteiger partial charge in [-0.3, -0.25) is 0 Å². The van der Waals surface area contributed by atoms with Crippen LogP contribution in [0, 0.1) is 5.92 Å². The van der Waals surface area contributed by atoms with Crippen LogP contribution < -0.4 is 5.32 Å². The van der Waals surface area contributed by atoms with Gasteiger partial charge in [0.1, 0.15) is 5.82 Å². The molecule has 0 amide bonds. The van der Waals surface area contributed by atoms with E-state index in [0.29, 0.717) is 12.1 Å². The van der Waals surface area contributed by atoms with E-state index in [1.54, 1.807) is 0 Å². The van der Waals surface area contributed by atoms with Crippen LogP contribution >= 0.6 is 0 Å². The molecule has 0 bridgehead atoms. The SMILES string of the molecule is CCCc1nccn1C1CCC1CNC(C)C. The molecule has 1 aromatic heterocycles. The zero-order valence-corrected chi connectivity index (χ0v) is 11.3. The number of hydrogen-bond acceptors (Lipinski definition) is 2. The Kier molecular flexibility index (Phi) is 4.21. The molecule has 96 valence electrons. The van der Waals surface area contributed by atoms with Crippen LogP contribution in [0.25, 0.3) is 0 Å². The first-order valence-corrected chi connectivity index (χ1v) is 6.97. The minimum atomic E-state index is 0.592. The first kappa shape index (κ1) is 12.6. The molecule has 1 aliphatic carbocycles. The van der Waals surface area contributed by atoms with Gasteiger partial charge in [0, 0.05) is 37.4 Å². The third-order valence-electron chi connectivity index (χ3n) is 3.75. The van der Waals surface area contributed by atoms with Gasteiger partial charge in [-0.05, 0) is 25.2 Å². The lowest BCUT2D eigenvalue weighted by Gasteiger charge is -2.39. The Balaban J connectivity index is 1.95. The maximum Gasteiger partial charge on any atom is 0.108 e. The normalized spacial score (nSPS) is 24.0. The Morgan fingerprint density at radius 2 is 2.29 bits per heavy atom. The molecule has 1 saturated carbocycles. The second-order valence-corrected chi connectivity index (χ2v) is 5.47. The Bertz CT molecular complexity index is 343. The summed E-state index contributed by atoms with van der Waals surface area (Å²) in [5, 5.41) is 3.56. The average molecular weight is 235 g/mol. The van der Waals surface area contributed by atoms with Gasteiger partial charge >= 0.3 is 0 Å². The Morgan fingerprint density at radius 1 is 1.47 bits per heavy atom. The summed E-state index contributed by atoms with van der Waals surface area (Å²) in [6.07, 6.45) is 9.07. The monoisotopic (exact) mass is 235 g/mol. The van der Waals surface area contributed by atoms with Crippen LogP contribution in [0.15, 0.2) is 12.4 Å². The van der Waals surface area contributed by atoms with Crippen LogP contribution in [0.5, 0.6) is 0 Å². The summed E-state index contributed by atoms with van der Waals surface area (Å²) >= 11 is 0. The molecule has 1 N–H and O–H groups in total. The standard InChI is InChI=1S/C14H25N3/c1-4-5-14-15-8-9-17(14)13-7-6-12(13)10-16-11(2)3/h8-9,11-13,16H,4-7,10H2,1-3H3. The molecule has 2 unspecified atom stereocenters. The van der Waals surface area contributed by atoms with E-state index in [4.69, 9.17) is 0 Å². The van der Waals surface area contributed by atoms with E-state index in [-0.39, 0.29) is 0 Å². The zero-order valence-electron chi connectivity index (χ0n) is 11.3. The second kappa shape index (κ2) is 5.67. The fraction of sp³-hybridized carbons (Fsp3) is 0.786. The van der Waals surface area contributed by atoms with Crippen molar-refractivity contribution < 1.29 is 0 Å². The third-order valence-corrected chi connectivity index (χ3v) is 3.75. The van der Waals surface area contributed by atoms with E-state index in [1.807, 2.05) is 6.20 Å². The Hall–Kier alpha value is -0.830. The summed E-state index contributed by atoms with van der Waals surface area (Å²) in [6, 6.07) is 1.28. The molecular formula is C14H25N3. The van der Waals surface area contributed by atoms with Crippen LogP contribution in [0.2, 0.25) is 0 Å². The summed E-state index contributed by atoms with van der Waals surface area (Å²) in [7, 11) is 0. The van der Waals surface area contributed by atoms with Gasteiger partial charge in [0.05, 0.1) is 0 Å². The highest BCUT2D eigenvalue weighted by Gasteiger charge is 2.32. The van der Waals surface area contributed by atoms with Gasteiger partial charge in [-0.25, -0.2) is 4.98 Å². The van der Waals surface area contributed by atoms with Crippen molar-refractivity contribution in [3.05, 3.63) is 18.2 Å². The first-order valence-electron chi connectivity index (χ1n) is 6.97. The summed E-state index contributed by atoms with van der Waals surface area (Å²) in [5.41, 5.74) is 0. The van der Waals surface area contributed by atoms with Gasteiger partial charge in [0.15, 0.2) is 0 Å². The van der Waals surface area contributed by atoms with Gasteiger partial charge in [0.2, 0.25) is 0 Å². The number of nitrogens with zero attached hydrogens (tertiary/aromatic N) is 2. The van der Waals surface area contributed by atoms with Gasteiger partial charge in [-0.2, -0.15) is 0 Å². The molecule has 2 rings (SSSR count). The Labute approximate surface area is 105 Å². The smallest absolute Gasteiger partial charge is 0.108 e.